The van der Waals surface area contributed by atoms with E-state index in [0.717, 1.165) is 49.6 Å². The molecule has 0 amide bonds. The average Bonchev–Trinajstić information content (AvgIpc) is 3.21. The number of fused-ring (bicyclic) bond motifs is 1. The number of aryl methyl sites for hydroxylation is 1. The molecule has 3 rings (SSSR count). The van der Waals surface area contributed by atoms with E-state index in [0.29, 0.717) is 6.54 Å². The quantitative estimate of drug-likeness (QED) is 0.446. The number of halogens is 1. The Balaban J connectivity index is 0.00000161. The van der Waals surface area contributed by atoms with Crippen LogP contribution in [0.3, 0.4) is 0 Å². The SMILES string of the molecule is CCNC(=NCc1nnc2n1CCCC2)NCC1CC1.I. The third-order valence-corrected chi connectivity index (χ3v) is 3.91. The van der Waals surface area contributed by atoms with Gasteiger partial charge in [0.1, 0.15) is 12.4 Å². The van der Waals surface area contributed by atoms with Crippen molar-refractivity contribution in [2.45, 2.75) is 52.1 Å². The average molecular weight is 404 g/mol. The van der Waals surface area contributed by atoms with Crippen LogP contribution in [0.4, 0.5) is 0 Å². The molecule has 118 valence electrons. The molecule has 2 N–H and O–H groups in total. The molecule has 0 spiro atoms. The summed E-state index contributed by atoms with van der Waals surface area (Å²) < 4.78 is 2.23. The van der Waals surface area contributed by atoms with Crippen LogP contribution < -0.4 is 10.6 Å². The summed E-state index contributed by atoms with van der Waals surface area (Å²) in [6.07, 6.45) is 6.21. The topological polar surface area (TPSA) is 67.1 Å². The summed E-state index contributed by atoms with van der Waals surface area (Å²) in [7, 11) is 0. The lowest BCUT2D eigenvalue weighted by molar-refractivity contribution is 0.508. The van der Waals surface area contributed by atoms with Crippen LogP contribution in [-0.2, 0) is 19.5 Å². The van der Waals surface area contributed by atoms with Crippen molar-refractivity contribution in [1.82, 2.24) is 25.4 Å². The highest BCUT2D eigenvalue weighted by atomic mass is 127. The number of nitrogens with one attached hydrogen (secondary N) is 2. The van der Waals surface area contributed by atoms with E-state index in [4.69, 9.17) is 0 Å². The fourth-order valence-corrected chi connectivity index (χ4v) is 2.54. The van der Waals surface area contributed by atoms with Crippen molar-refractivity contribution in [1.29, 1.82) is 0 Å². The van der Waals surface area contributed by atoms with Crippen LogP contribution in [0.2, 0.25) is 0 Å². The fourth-order valence-electron chi connectivity index (χ4n) is 2.54. The minimum atomic E-state index is 0. The third kappa shape index (κ3) is 4.55. The summed E-state index contributed by atoms with van der Waals surface area (Å²) in [6.45, 7) is 5.65. The summed E-state index contributed by atoms with van der Waals surface area (Å²) in [4.78, 5) is 4.63. The van der Waals surface area contributed by atoms with Crippen LogP contribution in [0, 0.1) is 5.92 Å². The zero-order valence-corrected chi connectivity index (χ0v) is 15.0. The van der Waals surface area contributed by atoms with E-state index in [1.54, 1.807) is 0 Å². The lowest BCUT2D eigenvalue weighted by Crippen LogP contribution is -2.38. The molecule has 2 aliphatic rings. The molecular weight excluding hydrogens is 379 g/mol. The Hall–Kier alpha value is -0.860. The lowest BCUT2D eigenvalue weighted by atomic mass is 10.2. The number of hydrogen-bond donors (Lipinski definition) is 2. The predicted octanol–water partition coefficient (Wildman–Crippen LogP) is 1.70. The molecule has 0 bridgehead atoms. The first-order valence-electron chi connectivity index (χ1n) is 7.80. The molecule has 1 aromatic rings. The molecule has 6 nitrogen and oxygen atoms in total. The smallest absolute Gasteiger partial charge is 0.191 e. The molecule has 0 saturated heterocycles. The molecule has 1 fully saturated rings. The second-order valence-electron chi connectivity index (χ2n) is 5.66. The molecule has 0 atom stereocenters. The number of rotatable bonds is 5. The van der Waals surface area contributed by atoms with E-state index in [1.807, 2.05) is 0 Å². The summed E-state index contributed by atoms with van der Waals surface area (Å²) >= 11 is 0. The number of hydrogen-bond acceptors (Lipinski definition) is 3. The van der Waals surface area contributed by atoms with Gasteiger partial charge in [-0.15, -0.1) is 34.2 Å². The van der Waals surface area contributed by atoms with Gasteiger partial charge < -0.3 is 15.2 Å². The molecule has 0 unspecified atom stereocenters. The Morgan fingerprint density at radius 1 is 1.29 bits per heavy atom. The largest absolute Gasteiger partial charge is 0.357 e. The highest BCUT2D eigenvalue weighted by Gasteiger charge is 2.21. The maximum atomic E-state index is 4.63. The Bertz CT molecular complexity index is 480. The van der Waals surface area contributed by atoms with Gasteiger partial charge in [-0.3, -0.25) is 0 Å². The summed E-state index contributed by atoms with van der Waals surface area (Å²) in [5, 5.41) is 15.3. The van der Waals surface area contributed by atoms with E-state index in [2.05, 4.69) is 37.3 Å². The molecule has 7 heteroatoms. The number of nitrogens with zero attached hydrogens (tertiary/aromatic N) is 4. The van der Waals surface area contributed by atoms with Crippen LogP contribution in [0.1, 0.15) is 44.3 Å². The molecule has 1 saturated carbocycles. The van der Waals surface area contributed by atoms with Gasteiger partial charge in [-0.1, -0.05) is 0 Å². The zero-order chi connectivity index (χ0) is 13.8. The zero-order valence-electron chi connectivity index (χ0n) is 12.6. The van der Waals surface area contributed by atoms with Gasteiger partial charge >= 0.3 is 0 Å². The number of aliphatic imine (C=N–C) groups is 1. The minimum absolute atomic E-state index is 0. The van der Waals surface area contributed by atoms with Gasteiger partial charge in [0, 0.05) is 26.1 Å². The Kier molecular flexibility index (Phi) is 6.25. The van der Waals surface area contributed by atoms with Gasteiger partial charge in [0.25, 0.3) is 0 Å². The number of aromatic nitrogens is 3. The first kappa shape index (κ1) is 16.5. The maximum absolute atomic E-state index is 4.63. The minimum Gasteiger partial charge on any atom is -0.357 e. The van der Waals surface area contributed by atoms with Crippen molar-refractivity contribution in [3.05, 3.63) is 11.6 Å². The molecular formula is C14H25IN6. The molecule has 0 aromatic carbocycles. The van der Waals surface area contributed by atoms with Crippen molar-refractivity contribution in [2.24, 2.45) is 10.9 Å². The molecule has 21 heavy (non-hydrogen) atoms. The lowest BCUT2D eigenvalue weighted by Gasteiger charge is -2.14. The summed E-state index contributed by atoms with van der Waals surface area (Å²) in [5.74, 6) is 3.85. The van der Waals surface area contributed by atoms with Gasteiger partial charge in [-0.2, -0.15) is 0 Å². The Morgan fingerprint density at radius 3 is 2.90 bits per heavy atom. The van der Waals surface area contributed by atoms with E-state index in [1.165, 1.54) is 25.7 Å². The van der Waals surface area contributed by atoms with Gasteiger partial charge in [-0.25, -0.2) is 4.99 Å². The molecule has 1 aliphatic heterocycles. The summed E-state index contributed by atoms with van der Waals surface area (Å²) in [6, 6.07) is 0. The van der Waals surface area contributed by atoms with Crippen LogP contribution >= 0.6 is 24.0 Å². The van der Waals surface area contributed by atoms with Crippen molar-refractivity contribution in [2.75, 3.05) is 13.1 Å². The standard InChI is InChI=1S/C14H24N6.HI/c1-2-15-14(16-9-11-6-7-11)17-10-13-19-18-12-5-3-4-8-20(12)13;/h11H,2-10H2,1H3,(H2,15,16,17);1H. The monoisotopic (exact) mass is 404 g/mol. The van der Waals surface area contributed by atoms with Crippen molar-refractivity contribution >= 4 is 29.9 Å². The second kappa shape index (κ2) is 7.95. The first-order chi connectivity index (χ1) is 9.86. The van der Waals surface area contributed by atoms with Crippen molar-refractivity contribution in [3.8, 4) is 0 Å². The van der Waals surface area contributed by atoms with Gasteiger partial charge in [0.15, 0.2) is 11.8 Å². The summed E-state index contributed by atoms with van der Waals surface area (Å²) in [5.41, 5.74) is 0. The van der Waals surface area contributed by atoms with Crippen LogP contribution in [0.15, 0.2) is 4.99 Å². The second-order valence-corrected chi connectivity index (χ2v) is 5.66. The molecule has 1 aromatic heterocycles. The van der Waals surface area contributed by atoms with Gasteiger partial charge in [0.2, 0.25) is 0 Å². The predicted molar refractivity (Wildman–Crippen MR) is 93.9 cm³/mol. The van der Waals surface area contributed by atoms with Gasteiger partial charge in [0.05, 0.1) is 0 Å². The highest BCUT2D eigenvalue weighted by Crippen LogP contribution is 2.27. The highest BCUT2D eigenvalue weighted by molar-refractivity contribution is 14.0. The Morgan fingerprint density at radius 2 is 2.14 bits per heavy atom. The van der Waals surface area contributed by atoms with E-state index >= 15 is 0 Å². The third-order valence-electron chi connectivity index (χ3n) is 3.91. The van der Waals surface area contributed by atoms with E-state index in [9.17, 15) is 0 Å². The van der Waals surface area contributed by atoms with Crippen LogP contribution in [0.5, 0.6) is 0 Å². The molecule has 1 aliphatic carbocycles. The van der Waals surface area contributed by atoms with E-state index in [-0.39, 0.29) is 24.0 Å². The Labute approximate surface area is 143 Å². The van der Waals surface area contributed by atoms with Gasteiger partial charge in [-0.05, 0) is 38.5 Å². The first-order valence-corrected chi connectivity index (χ1v) is 7.80. The van der Waals surface area contributed by atoms with Crippen molar-refractivity contribution < 1.29 is 0 Å². The number of guanidine groups is 1. The maximum Gasteiger partial charge on any atom is 0.191 e. The molecule has 0 radical (unpaired) electrons. The normalized spacial score (nSPS) is 17.9. The van der Waals surface area contributed by atoms with Crippen molar-refractivity contribution in [3.63, 3.8) is 0 Å². The molecule has 2 heterocycles. The van der Waals surface area contributed by atoms with Crippen LogP contribution in [-0.4, -0.2) is 33.8 Å². The van der Waals surface area contributed by atoms with Crippen LogP contribution in [0.25, 0.3) is 0 Å². The van der Waals surface area contributed by atoms with E-state index < -0.39 is 0 Å². The fraction of sp³-hybridized carbons (Fsp3) is 0.786.